The number of rotatable bonds is 1. The number of phenolic OH excluding ortho intramolecular Hbond substituents is 1. The number of benzene rings is 2. The Hall–Kier alpha value is -2.99. The van der Waals surface area contributed by atoms with Crippen LogP contribution in [0, 0.1) is 6.92 Å². The molecule has 1 aromatic heterocycles. The lowest BCUT2D eigenvalue weighted by Gasteiger charge is -2.44. The van der Waals surface area contributed by atoms with Crippen LogP contribution in [0.2, 0.25) is 0 Å². The molecule has 0 unspecified atom stereocenters. The molecule has 2 aromatic carbocycles. The highest BCUT2D eigenvalue weighted by Crippen LogP contribution is 2.40. The number of likely N-dealkylation sites (tertiary alicyclic amines) is 1. The highest BCUT2D eigenvalue weighted by Gasteiger charge is 2.42. The lowest BCUT2D eigenvalue weighted by molar-refractivity contribution is 0.142. The molecule has 0 radical (unpaired) electrons. The molecule has 1 fully saturated rings. The van der Waals surface area contributed by atoms with Crippen molar-refractivity contribution < 1.29 is 9.90 Å². The standard InChI is InChI=1S/C23H26N4O2/c1-15-4-2-3-5-19(15)26-22(29)27-12-9-23(10-13-27)21-17(8-11-24-23)18-14-16(28)6-7-20(18)25-21/h2-7,14,24-25,28H,8-13H2,1H3,(H,26,29). The van der Waals surface area contributed by atoms with Gasteiger partial charge in [0, 0.05) is 41.9 Å². The summed E-state index contributed by atoms with van der Waals surface area (Å²) in [5.41, 5.74) is 5.38. The SMILES string of the molecule is Cc1ccccc1NC(=O)N1CCC2(CC1)NCCc1c2[nH]c2ccc(O)cc12. The summed E-state index contributed by atoms with van der Waals surface area (Å²) in [6, 6.07) is 13.3. The van der Waals surface area contributed by atoms with Crippen LogP contribution in [0.3, 0.4) is 0 Å². The van der Waals surface area contributed by atoms with E-state index < -0.39 is 0 Å². The van der Waals surface area contributed by atoms with Crippen LogP contribution in [0.15, 0.2) is 42.5 Å². The largest absolute Gasteiger partial charge is 0.508 e. The Morgan fingerprint density at radius 3 is 2.76 bits per heavy atom. The maximum Gasteiger partial charge on any atom is 0.321 e. The fourth-order valence-corrected chi connectivity index (χ4v) is 4.84. The number of urea groups is 1. The number of fused-ring (bicyclic) bond motifs is 4. The molecule has 2 aliphatic heterocycles. The Morgan fingerprint density at radius 2 is 1.97 bits per heavy atom. The van der Waals surface area contributed by atoms with Crippen molar-refractivity contribution in [3.63, 3.8) is 0 Å². The van der Waals surface area contributed by atoms with Gasteiger partial charge in [-0.1, -0.05) is 18.2 Å². The van der Waals surface area contributed by atoms with E-state index in [9.17, 15) is 9.90 Å². The topological polar surface area (TPSA) is 80.4 Å². The second kappa shape index (κ2) is 6.81. The van der Waals surface area contributed by atoms with Crippen molar-refractivity contribution in [1.82, 2.24) is 15.2 Å². The molecule has 5 rings (SSSR count). The van der Waals surface area contributed by atoms with Gasteiger partial charge < -0.3 is 25.6 Å². The van der Waals surface area contributed by atoms with Crippen molar-refractivity contribution in [2.75, 3.05) is 25.0 Å². The fraction of sp³-hybridized carbons (Fsp3) is 0.348. The Balaban J connectivity index is 1.36. The second-order valence-electron chi connectivity index (χ2n) is 8.20. The number of aromatic nitrogens is 1. The molecule has 0 saturated carbocycles. The zero-order chi connectivity index (χ0) is 20.0. The van der Waals surface area contributed by atoms with Crippen LogP contribution in [0.4, 0.5) is 10.5 Å². The van der Waals surface area contributed by atoms with E-state index in [0.29, 0.717) is 18.8 Å². The average Bonchev–Trinajstić information content (AvgIpc) is 3.10. The maximum absolute atomic E-state index is 12.8. The van der Waals surface area contributed by atoms with Crippen molar-refractivity contribution in [2.45, 2.75) is 31.7 Å². The molecule has 2 amide bonds. The molecule has 6 nitrogen and oxygen atoms in total. The number of anilines is 1. The van der Waals surface area contributed by atoms with E-state index in [1.807, 2.05) is 48.2 Å². The van der Waals surface area contributed by atoms with E-state index in [-0.39, 0.29) is 11.6 Å². The summed E-state index contributed by atoms with van der Waals surface area (Å²) < 4.78 is 0. The molecule has 6 heteroatoms. The molecular formula is C23H26N4O2. The van der Waals surface area contributed by atoms with Crippen LogP contribution in [0.25, 0.3) is 10.9 Å². The third-order valence-corrected chi connectivity index (χ3v) is 6.50. The minimum absolute atomic E-state index is 0.0354. The van der Waals surface area contributed by atoms with Gasteiger partial charge in [0.1, 0.15) is 5.75 Å². The summed E-state index contributed by atoms with van der Waals surface area (Å²) in [7, 11) is 0. The number of hydrogen-bond donors (Lipinski definition) is 4. The highest BCUT2D eigenvalue weighted by molar-refractivity contribution is 5.90. The summed E-state index contributed by atoms with van der Waals surface area (Å²) >= 11 is 0. The third kappa shape index (κ3) is 3.04. The summed E-state index contributed by atoms with van der Waals surface area (Å²) in [6.45, 7) is 4.31. The van der Waals surface area contributed by atoms with Crippen LogP contribution < -0.4 is 10.6 Å². The summed E-state index contributed by atoms with van der Waals surface area (Å²) in [4.78, 5) is 18.3. The number of phenols is 1. The molecule has 150 valence electrons. The first-order chi connectivity index (χ1) is 14.1. The predicted molar refractivity (Wildman–Crippen MR) is 114 cm³/mol. The van der Waals surface area contributed by atoms with Crippen molar-refractivity contribution in [3.8, 4) is 5.75 Å². The van der Waals surface area contributed by atoms with E-state index in [1.165, 1.54) is 11.3 Å². The van der Waals surface area contributed by atoms with Gasteiger partial charge in [0.05, 0.1) is 5.54 Å². The lowest BCUT2D eigenvalue weighted by Crippen LogP contribution is -2.55. The van der Waals surface area contributed by atoms with Gasteiger partial charge in [0.25, 0.3) is 0 Å². The Labute approximate surface area is 169 Å². The highest BCUT2D eigenvalue weighted by atomic mass is 16.3. The molecule has 0 aliphatic carbocycles. The van der Waals surface area contributed by atoms with Crippen LogP contribution in [0.1, 0.15) is 29.7 Å². The van der Waals surface area contributed by atoms with Crippen LogP contribution in [0.5, 0.6) is 5.75 Å². The quantitative estimate of drug-likeness (QED) is 0.509. The van der Waals surface area contributed by atoms with Crippen molar-refractivity contribution in [3.05, 3.63) is 59.3 Å². The molecule has 1 spiro atoms. The zero-order valence-corrected chi connectivity index (χ0v) is 16.6. The minimum atomic E-state index is -0.137. The molecule has 1 saturated heterocycles. The van der Waals surface area contributed by atoms with Gasteiger partial charge in [-0.15, -0.1) is 0 Å². The smallest absolute Gasteiger partial charge is 0.321 e. The number of nitrogens with zero attached hydrogens (tertiary/aromatic N) is 1. The van der Waals surface area contributed by atoms with Crippen molar-refractivity contribution in [2.24, 2.45) is 0 Å². The molecule has 2 aliphatic rings. The predicted octanol–water partition coefficient (Wildman–Crippen LogP) is 3.85. The van der Waals surface area contributed by atoms with Gasteiger partial charge in [-0.2, -0.15) is 0 Å². The van der Waals surface area contributed by atoms with Crippen molar-refractivity contribution >= 4 is 22.6 Å². The molecular weight excluding hydrogens is 364 g/mol. The van der Waals surface area contributed by atoms with E-state index in [4.69, 9.17) is 0 Å². The molecule has 4 N–H and O–H groups in total. The van der Waals surface area contributed by atoms with Crippen LogP contribution >= 0.6 is 0 Å². The zero-order valence-electron chi connectivity index (χ0n) is 16.6. The van der Waals surface area contributed by atoms with E-state index in [2.05, 4.69) is 15.6 Å². The number of para-hydroxylation sites is 1. The van der Waals surface area contributed by atoms with Crippen LogP contribution in [-0.4, -0.2) is 40.7 Å². The second-order valence-corrected chi connectivity index (χ2v) is 8.20. The normalized spacial score (nSPS) is 18.0. The number of carbonyl (C=O) groups is 1. The molecule has 0 bridgehead atoms. The van der Waals surface area contributed by atoms with Gasteiger partial charge in [-0.25, -0.2) is 4.79 Å². The molecule has 0 atom stereocenters. The summed E-state index contributed by atoms with van der Waals surface area (Å²) in [6.07, 6.45) is 2.66. The first-order valence-corrected chi connectivity index (χ1v) is 10.3. The van der Waals surface area contributed by atoms with E-state index in [1.54, 1.807) is 6.07 Å². The van der Waals surface area contributed by atoms with Gasteiger partial charge in [0.15, 0.2) is 0 Å². The monoisotopic (exact) mass is 390 g/mol. The van der Waals surface area contributed by atoms with Gasteiger partial charge in [0.2, 0.25) is 0 Å². The summed E-state index contributed by atoms with van der Waals surface area (Å²) in [5, 5.41) is 17.8. The average molecular weight is 390 g/mol. The third-order valence-electron chi connectivity index (χ3n) is 6.50. The van der Waals surface area contributed by atoms with Crippen LogP contribution in [-0.2, 0) is 12.0 Å². The number of H-pyrrole nitrogens is 1. The summed E-state index contributed by atoms with van der Waals surface area (Å²) in [5.74, 6) is 0.301. The Bertz CT molecular complexity index is 1080. The van der Waals surface area contributed by atoms with Gasteiger partial charge >= 0.3 is 6.03 Å². The minimum Gasteiger partial charge on any atom is -0.508 e. The van der Waals surface area contributed by atoms with Crippen molar-refractivity contribution in [1.29, 1.82) is 0 Å². The first kappa shape index (κ1) is 18.1. The maximum atomic E-state index is 12.8. The number of amides is 2. The molecule has 3 heterocycles. The number of nitrogens with one attached hydrogen (secondary N) is 3. The number of aromatic amines is 1. The van der Waals surface area contributed by atoms with E-state index >= 15 is 0 Å². The number of carbonyl (C=O) groups excluding carboxylic acids is 1. The van der Waals surface area contributed by atoms with Gasteiger partial charge in [-0.3, -0.25) is 0 Å². The van der Waals surface area contributed by atoms with Gasteiger partial charge in [-0.05, 0) is 61.6 Å². The van der Waals surface area contributed by atoms with E-state index in [0.717, 1.165) is 48.0 Å². The Kier molecular flexibility index (Phi) is 4.24. The lowest BCUT2D eigenvalue weighted by atomic mass is 9.79. The first-order valence-electron chi connectivity index (χ1n) is 10.3. The Morgan fingerprint density at radius 1 is 1.17 bits per heavy atom. The number of hydrogen-bond acceptors (Lipinski definition) is 3. The molecule has 3 aromatic rings. The molecule has 29 heavy (non-hydrogen) atoms. The fourth-order valence-electron chi connectivity index (χ4n) is 4.84. The number of aromatic hydroxyl groups is 1. The number of aryl methyl sites for hydroxylation is 1. The number of piperidine rings is 1.